The summed E-state index contributed by atoms with van der Waals surface area (Å²) in [5, 5.41) is 0. The Kier molecular flexibility index (Phi) is 202. The molecule has 1 unspecified atom stereocenters. The van der Waals surface area contributed by atoms with Gasteiger partial charge in [0.25, 0.3) is 0 Å². The molecular formula is H7Br3KP. The van der Waals surface area contributed by atoms with Crippen molar-refractivity contribution in [1.82, 2.24) is 0 Å². The van der Waals surface area contributed by atoms with Crippen LogP contribution in [0.1, 0.15) is 1.43 Å². The maximum atomic E-state index is 0. The van der Waals surface area contributed by atoms with Gasteiger partial charge in [0.15, 0.2) is 0 Å². The molecule has 0 amide bonds. The molecule has 0 nitrogen and oxygen atoms in total. The monoisotopic (exact) mass is 314 g/mol. The second kappa shape index (κ2) is 25.8. The summed E-state index contributed by atoms with van der Waals surface area (Å²) in [5.74, 6) is 0. The van der Waals surface area contributed by atoms with Gasteiger partial charge < -0.3 is 1.43 Å². The van der Waals surface area contributed by atoms with Crippen LogP contribution in [0.4, 0.5) is 0 Å². The fraction of sp³-hybridized carbons (Fsp3) is 0. The molecule has 5 heteroatoms. The Bertz CT molecular complexity index is 10.8. The van der Waals surface area contributed by atoms with Crippen LogP contribution in [-0.4, -0.2) is 0 Å². The van der Waals surface area contributed by atoms with Gasteiger partial charge in [-0.25, -0.2) is 0 Å². The first-order valence-electron chi connectivity index (χ1n) is 0. The Balaban J connectivity index is 0. The third kappa shape index (κ3) is 18.5. The molecule has 0 saturated heterocycles. The van der Waals surface area contributed by atoms with Crippen LogP contribution in [-0.2, 0) is 0 Å². The summed E-state index contributed by atoms with van der Waals surface area (Å²) in [6.45, 7) is 0. The van der Waals surface area contributed by atoms with E-state index in [1.807, 2.05) is 0 Å². The van der Waals surface area contributed by atoms with Gasteiger partial charge in [0.2, 0.25) is 0 Å². The second-order valence-corrected chi connectivity index (χ2v) is 0. The zero-order chi connectivity index (χ0) is 0. The minimum Gasteiger partial charge on any atom is -1.00 e. The average Bonchev–Trinajstić information content (AvgIpc) is 0. The van der Waals surface area contributed by atoms with Crippen LogP contribution in [0.25, 0.3) is 0 Å². The minimum atomic E-state index is 0. The Morgan fingerprint density at radius 2 is 0.800 bits per heavy atom. The fourth-order valence-electron chi connectivity index (χ4n) is 0. The van der Waals surface area contributed by atoms with Crippen molar-refractivity contribution in [2.75, 3.05) is 0 Å². The Hall–Kier alpha value is 3.51. The summed E-state index contributed by atoms with van der Waals surface area (Å²) in [6.07, 6.45) is 0. The second-order valence-electron chi connectivity index (χ2n) is 0. The molecule has 0 saturated carbocycles. The van der Waals surface area contributed by atoms with Gasteiger partial charge in [-0.05, 0) is 0 Å². The molecule has 0 bridgehead atoms. The van der Waals surface area contributed by atoms with E-state index in [1.165, 1.54) is 0 Å². The summed E-state index contributed by atoms with van der Waals surface area (Å²) in [5.41, 5.74) is 0. The summed E-state index contributed by atoms with van der Waals surface area (Å²) >= 11 is 0. The Labute approximate surface area is 111 Å². The molecule has 0 N–H and O–H groups in total. The number of hydrogen-bond acceptors (Lipinski definition) is 0. The Morgan fingerprint density at radius 3 is 0.800 bits per heavy atom. The van der Waals surface area contributed by atoms with Crippen LogP contribution >= 0.6 is 60.8 Å². The van der Waals surface area contributed by atoms with E-state index in [2.05, 4.69) is 0 Å². The number of hydrogen-bond donors (Lipinski definition) is 0. The van der Waals surface area contributed by atoms with E-state index in [9.17, 15) is 0 Å². The zero-order valence-corrected chi connectivity index (χ0v) is 12.6. The van der Waals surface area contributed by atoms with Crippen LogP contribution in [0.5, 0.6) is 0 Å². The van der Waals surface area contributed by atoms with E-state index in [0.717, 1.165) is 0 Å². The molecule has 0 aliphatic rings. The predicted octanol–water partition coefficient (Wildman–Crippen LogP) is -1.09. The predicted molar refractivity (Wildman–Crippen MR) is 43.2 cm³/mol. The van der Waals surface area contributed by atoms with E-state index < -0.39 is 0 Å². The molecule has 0 spiro atoms. The van der Waals surface area contributed by atoms with Gasteiger partial charge in [-0.1, -0.05) is 0 Å². The van der Waals surface area contributed by atoms with E-state index in [-0.39, 0.29) is 114 Å². The molecule has 0 fully saturated rings. The van der Waals surface area contributed by atoms with Gasteiger partial charge in [-0.3, -0.25) is 0 Å². The van der Waals surface area contributed by atoms with Crippen molar-refractivity contribution in [2.24, 2.45) is 0 Å². The summed E-state index contributed by atoms with van der Waals surface area (Å²) < 4.78 is 0. The molecule has 0 radical (unpaired) electrons. The normalized spacial score (nSPS) is 0. The fourth-order valence-corrected chi connectivity index (χ4v) is 0. The Morgan fingerprint density at radius 1 is 0.800 bits per heavy atom. The van der Waals surface area contributed by atoms with Gasteiger partial charge in [0, 0.05) is 0 Å². The summed E-state index contributed by atoms with van der Waals surface area (Å²) in [6, 6.07) is 0. The molecule has 0 aromatic heterocycles. The summed E-state index contributed by atoms with van der Waals surface area (Å²) in [4.78, 5) is 0. The topological polar surface area (TPSA) is 0 Å². The maximum absolute atomic E-state index is 0. The quantitative estimate of drug-likeness (QED) is 0.393. The number of halogens is 3. The standard InChI is InChI=1S/3BrH.K.H3P.H/h3*1H;;1H3;/q;;;+1;;-1. The van der Waals surface area contributed by atoms with Gasteiger partial charge in [-0.2, -0.15) is 9.90 Å². The molecule has 1 atom stereocenters. The molecule has 0 rings (SSSR count). The van der Waals surface area contributed by atoms with E-state index in [1.54, 1.807) is 0 Å². The van der Waals surface area contributed by atoms with Crippen molar-refractivity contribution in [2.45, 2.75) is 0 Å². The van der Waals surface area contributed by atoms with E-state index >= 15 is 0 Å². The first-order chi connectivity index (χ1) is 0. The van der Waals surface area contributed by atoms with Crippen molar-refractivity contribution in [3.8, 4) is 0 Å². The molecule has 0 aromatic carbocycles. The minimum absolute atomic E-state index is 0. The smallest absolute Gasteiger partial charge is 1.00 e. The van der Waals surface area contributed by atoms with Gasteiger partial charge >= 0.3 is 51.4 Å². The van der Waals surface area contributed by atoms with Crippen LogP contribution in [0.15, 0.2) is 0 Å². The summed E-state index contributed by atoms with van der Waals surface area (Å²) in [7, 11) is 0. The molecule has 0 aromatic rings. The van der Waals surface area contributed by atoms with Gasteiger partial charge in [-0.15, -0.1) is 50.9 Å². The van der Waals surface area contributed by atoms with Crippen molar-refractivity contribution in [3.63, 3.8) is 0 Å². The van der Waals surface area contributed by atoms with Crippen molar-refractivity contribution in [3.05, 3.63) is 0 Å². The van der Waals surface area contributed by atoms with E-state index in [4.69, 9.17) is 0 Å². The van der Waals surface area contributed by atoms with Crippen LogP contribution in [0.3, 0.4) is 0 Å². The van der Waals surface area contributed by atoms with Gasteiger partial charge in [0.1, 0.15) is 0 Å². The molecule has 0 aliphatic carbocycles. The first-order valence-corrected chi connectivity index (χ1v) is 0. The molecule has 5 heavy (non-hydrogen) atoms. The molecule has 0 heterocycles. The largest absolute Gasteiger partial charge is 1.00 e. The zero-order valence-electron chi connectivity index (χ0n) is 3.93. The van der Waals surface area contributed by atoms with Crippen molar-refractivity contribution < 1.29 is 52.8 Å². The van der Waals surface area contributed by atoms with Gasteiger partial charge in [0.05, 0.1) is 0 Å². The van der Waals surface area contributed by atoms with Crippen LogP contribution < -0.4 is 51.4 Å². The first kappa shape index (κ1) is 39.0. The van der Waals surface area contributed by atoms with Crippen molar-refractivity contribution in [1.29, 1.82) is 0 Å². The number of rotatable bonds is 0. The SMILES string of the molecule is Br.Br.Br.P.[H-].[K+]. The van der Waals surface area contributed by atoms with Crippen molar-refractivity contribution >= 4 is 60.8 Å². The van der Waals surface area contributed by atoms with Crippen LogP contribution in [0, 0.1) is 0 Å². The third-order valence-electron chi connectivity index (χ3n) is 0. The molecule has 34 valence electrons. The van der Waals surface area contributed by atoms with Crippen LogP contribution in [0.2, 0.25) is 0 Å². The molecule has 0 aliphatic heterocycles. The average molecular weight is 317 g/mol. The third-order valence-corrected chi connectivity index (χ3v) is 0. The maximum Gasteiger partial charge on any atom is 1.00 e. The van der Waals surface area contributed by atoms with E-state index in [0.29, 0.717) is 0 Å². The molecular weight excluding hydrogens is 310 g/mol.